The number of rotatable bonds is 5. The van der Waals surface area contributed by atoms with E-state index < -0.39 is 5.51 Å². The monoisotopic (exact) mass is 238 g/mol. The number of hydrogen-bond donors (Lipinski definition) is 1. The van der Waals surface area contributed by atoms with Gasteiger partial charge in [-0.2, -0.15) is 13.2 Å². The summed E-state index contributed by atoms with van der Waals surface area (Å²) in [6.45, 7) is 1.12. The van der Waals surface area contributed by atoms with Crippen LogP contribution < -0.4 is 5.32 Å². The lowest BCUT2D eigenvalue weighted by molar-refractivity contribution is -0.0328. The van der Waals surface area contributed by atoms with Crippen molar-refractivity contribution in [1.82, 2.24) is 9.88 Å². The fourth-order valence-electron chi connectivity index (χ4n) is 1.21. The van der Waals surface area contributed by atoms with E-state index in [1.54, 1.807) is 10.8 Å². The van der Waals surface area contributed by atoms with Crippen LogP contribution in [-0.2, 0) is 13.1 Å². The van der Waals surface area contributed by atoms with Crippen molar-refractivity contribution < 1.29 is 13.2 Å². The topological polar surface area (TPSA) is 17.0 Å². The maximum atomic E-state index is 11.8. The zero-order chi connectivity index (χ0) is 11.3. The molecule has 0 aromatic carbocycles. The van der Waals surface area contributed by atoms with Crippen molar-refractivity contribution in [2.24, 2.45) is 0 Å². The van der Waals surface area contributed by atoms with Gasteiger partial charge in [-0.1, -0.05) is 0 Å². The van der Waals surface area contributed by atoms with Gasteiger partial charge in [0.1, 0.15) is 0 Å². The molecule has 1 aromatic rings. The lowest BCUT2D eigenvalue weighted by atomic mass is 10.3. The summed E-state index contributed by atoms with van der Waals surface area (Å²) in [6.07, 6.45) is 3.65. The van der Waals surface area contributed by atoms with Gasteiger partial charge in [0, 0.05) is 31.2 Å². The second-order valence-electron chi connectivity index (χ2n) is 3.08. The van der Waals surface area contributed by atoms with Crippen LogP contribution >= 0.6 is 11.8 Å². The molecule has 6 heteroatoms. The van der Waals surface area contributed by atoms with Crippen LogP contribution in [-0.4, -0.2) is 22.9 Å². The van der Waals surface area contributed by atoms with Gasteiger partial charge in [0.15, 0.2) is 0 Å². The molecule has 0 aliphatic rings. The molecule has 1 aromatic heterocycles. The third-order valence-corrected chi connectivity index (χ3v) is 2.52. The molecule has 0 radical (unpaired) electrons. The zero-order valence-corrected chi connectivity index (χ0v) is 9.16. The Kier molecular flexibility index (Phi) is 4.53. The van der Waals surface area contributed by atoms with Crippen molar-refractivity contribution in [3.63, 3.8) is 0 Å². The molecule has 0 aliphatic heterocycles. The Bertz CT molecular complexity index is 296. The van der Waals surface area contributed by atoms with E-state index in [1.165, 1.54) is 0 Å². The Hall–Kier alpha value is -0.620. The molecule has 0 fully saturated rings. The highest BCUT2D eigenvalue weighted by molar-refractivity contribution is 8.00. The molecule has 2 nitrogen and oxygen atoms in total. The molecule has 0 unspecified atom stereocenters. The maximum Gasteiger partial charge on any atom is 0.441 e. The van der Waals surface area contributed by atoms with Gasteiger partial charge in [0.2, 0.25) is 0 Å². The standard InChI is InChI=1S/C9H13F3N2S/c1-13-6-8-2-3-14(7-8)4-5-15-9(10,11)12/h2-3,7,13H,4-6H2,1H3. The first kappa shape index (κ1) is 12.4. The molecular formula is C9H13F3N2S. The molecule has 1 heterocycles. The van der Waals surface area contributed by atoms with E-state index in [0.29, 0.717) is 6.54 Å². The molecule has 0 saturated carbocycles. The third kappa shape index (κ3) is 5.13. The van der Waals surface area contributed by atoms with E-state index in [9.17, 15) is 13.2 Å². The summed E-state index contributed by atoms with van der Waals surface area (Å²) in [5, 5.41) is 2.98. The quantitative estimate of drug-likeness (QED) is 0.848. The average molecular weight is 238 g/mol. The van der Waals surface area contributed by atoms with E-state index in [2.05, 4.69) is 5.32 Å². The fraction of sp³-hybridized carbons (Fsp3) is 0.556. The highest BCUT2D eigenvalue weighted by Gasteiger charge is 2.27. The Morgan fingerprint density at radius 2 is 2.20 bits per heavy atom. The average Bonchev–Trinajstić information content (AvgIpc) is 2.51. The van der Waals surface area contributed by atoms with E-state index in [4.69, 9.17) is 0 Å². The largest absolute Gasteiger partial charge is 0.441 e. The van der Waals surface area contributed by atoms with Gasteiger partial charge in [0.05, 0.1) is 0 Å². The minimum Gasteiger partial charge on any atom is -0.353 e. The minimum atomic E-state index is -4.12. The summed E-state index contributed by atoms with van der Waals surface area (Å²) in [5.74, 6) is 0.0528. The molecule has 86 valence electrons. The highest BCUT2D eigenvalue weighted by atomic mass is 32.2. The number of halogens is 3. The summed E-state index contributed by atoms with van der Waals surface area (Å²) in [6, 6.07) is 1.90. The molecule has 0 saturated heterocycles. The van der Waals surface area contributed by atoms with Gasteiger partial charge < -0.3 is 9.88 Å². The molecular weight excluding hydrogens is 225 g/mol. The summed E-state index contributed by atoms with van der Waals surface area (Å²) in [5.41, 5.74) is -3.05. The molecule has 0 bridgehead atoms. The summed E-state index contributed by atoms with van der Waals surface area (Å²) < 4.78 is 37.3. The van der Waals surface area contributed by atoms with Crippen molar-refractivity contribution in [3.05, 3.63) is 24.0 Å². The first-order valence-corrected chi connectivity index (χ1v) is 5.50. The first-order valence-electron chi connectivity index (χ1n) is 4.51. The minimum absolute atomic E-state index is 0.0146. The smallest absolute Gasteiger partial charge is 0.353 e. The number of aromatic nitrogens is 1. The maximum absolute atomic E-state index is 11.8. The second-order valence-corrected chi connectivity index (χ2v) is 4.24. The number of nitrogens with one attached hydrogen (secondary N) is 1. The third-order valence-electron chi connectivity index (χ3n) is 1.81. The predicted octanol–water partition coefficient (Wildman–Crippen LogP) is 2.46. The van der Waals surface area contributed by atoms with Crippen molar-refractivity contribution in [3.8, 4) is 0 Å². The second kappa shape index (κ2) is 5.46. The van der Waals surface area contributed by atoms with Gasteiger partial charge in [-0.3, -0.25) is 0 Å². The van der Waals surface area contributed by atoms with Crippen LogP contribution in [0.3, 0.4) is 0 Å². The van der Waals surface area contributed by atoms with Gasteiger partial charge >= 0.3 is 5.51 Å². The normalized spacial score (nSPS) is 12.0. The van der Waals surface area contributed by atoms with Crippen LogP contribution in [0.1, 0.15) is 5.56 Å². The van der Waals surface area contributed by atoms with Crippen molar-refractivity contribution in [1.29, 1.82) is 0 Å². The van der Waals surface area contributed by atoms with E-state index in [0.717, 1.165) is 12.1 Å². The van der Waals surface area contributed by atoms with E-state index in [-0.39, 0.29) is 17.5 Å². The summed E-state index contributed by atoms with van der Waals surface area (Å²) >= 11 is 0.0146. The number of hydrogen-bond acceptors (Lipinski definition) is 2. The Morgan fingerprint density at radius 3 is 2.80 bits per heavy atom. The van der Waals surface area contributed by atoms with Crippen LogP contribution in [0.2, 0.25) is 0 Å². The summed E-state index contributed by atoms with van der Waals surface area (Å²) in [7, 11) is 1.83. The van der Waals surface area contributed by atoms with Crippen LogP contribution in [0, 0.1) is 0 Å². The molecule has 1 rings (SSSR count). The molecule has 0 spiro atoms. The van der Waals surface area contributed by atoms with Gasteiger partial charge in [-0.15, -0.1) is 0 Å². The Balaban J connectivity index is 2.31. The molecule has 0 amide bonds. The zero-order valence-electron chi connectivity index (χ0n) is 8.34. The lowest BCUT2D eigenvalue weighted by Crippen LogP contribution is -2.06. The fourth-order valence-corrected chi connectivity index (χ4v) is 1.74. The van der Waals surface area contributed by atoms with Crippen LogP contribution in [0.5, 0.6) is 0 Å². The number of alkyl halides is 3. The van der Waals surface area contributed by atoms with Gasteiger partial charge in [-0.05, 0) is 30.4 Å². The van der Waals surface area contributed by atoms with Crippen molar-refractivity contribution in [2.75, 3.05) is 12.8 Å². The van der Waals surface area contributed by atoms with Crippen LogP contribution in [0.4, 0.5) is 13.2 Å². The van der Waals surface area contributed by atoms with E-state index in [1.807, 2.05) is 19.3 Å². The van der Waals surface area contributed by atoms with Crippen molar-refractivity contribution in [2.45, 2.75) is 18.6 Å². The predicted molar refractivity (Wildman–Crippen MR) is 55.7 cm³/mol. The number of thioether (sulfide) groups is 1. The number of aryl methyl sites for hydroxylation is 1. The summed E-state index contributed by atoms with van der Waals surface area (Å²) in [4.78, 5) is 0. The first-order chi connectivity index (χ1) is 7.01. The van der Waals surface area contributed by atoms with Crippen molar-refractivity contribution >= 4 is 11.8 Å². The Labute approximate surface area is 90.8 Å². The van der Waals surface area contributed by atoms with Gasteiger partial charge in [-0.25, -0.2) is 0 Å². The van der Waals surface area contributed by atoms with Crippen LogP contribution in [0.15, 0.2) is 18.5 Å². The molecule has 1 N–H and O–H groups in total. The van der Waals surface area contributed by atoms with E-state index >= 15 is 0 Å². The molecule has 0 aliphatic carbocycles. The van der Waals surface area contributed by atoms with Gasteiger partial charge in [0.25, 0.3) is 0 Å². The lowest BCUT2D eigenvalue weighted by Gasteiger charge is -2.05. The number of nitrogens with zero attached hydrogens (tertiary/aromatic N) is 1. The molecule has 0 atom stereocenters. The molecule has 15 heavy (non-hydrogen) atoms. The Morgan fingerprint density at radius 1 is 1.47 bits per heavy atom. The SMILES string of the molecule is CNCc1ccn(CCSC(F)(F)F)c1. The highest BCUT2D eigenvalue weighted by Crippen LogP contribution is 2.29. The van der Waals surface area contributed by atoms with Crippen LogP contribution in [0.25, 0.3) is 0 Å².